The zero-order valence-corrected chi connectivity index (χ0v) is 25.4. The molecule has 0 saturated carbocycles. The highest BCUT2D eigenvalue weighted by atomic mass is 28.3. The van der Waals surface area contributed by atoms with Crippen molar-refractivity contribution in [1.29, 1.82) is 0 Å². The van der Waals surface area contributed by atoms with Crippen LogP contribution in [0.1, 0.15) is 56.9 Å². The molecule has 0 aromatic heterocycles. The zero-order chi connectivity index (χ0) is 30.4. The summed E-state index contributed by atoms with van der Waals surface area (Å²) in [6, 6.07) is 34.7. The molecule has 2 heterocycles. The first kappa shape index (κ1) is 28.9. The molecule has 8 nitrogen and oxygen atoms in total. The molecular formula is C34H34N2O6Si. The fraction of sp³-hybridized carbons (Fsp3) is 0.294. The van der Waals surface area contributed by atoms with E-state index in [1.165, 1.54) is 34.6 Å². The number of ether oxygens (including phenoxy) is 2. The monoisotopic (exact) mass is 594 g/mol. The van der Waals surface area contributed by atoms with Crippen LogP contribution in [0.15, 0.2) is 109 Å². The van der Waals surface area contributed by atoms with Gasteiger partial charge in [0, 0.05) is 29.3 Å². The first-order chi connectivity index (χ1) is 20.6. The zero-order valence-electron chi connectivity index (χ0n) is 24.4. The Bertz CT molecular complexity index is 1510. The minimum atomic E-state index is -2.84. The number of rotatable bonds is 7. The van der Waals surface area contributed by atoms with E-state index in [1.807, 2.05) is 12.1 Å². The third-order valence-corrected chi connectivity index (χ3v) is 16.1. The Morgan fingerprint density at radius 3 is 1.35 bits per heavy atom. The SMILES string of the molecule is CC(C)(C)[Si](c1ccccc1)(c1ccccc1)C12C[C@H](c3ccc([N+](=O)[O-])cc3)OC1O[C@@H](c1ccc([N+](=O)[O-])cc1)C2. The van der Waals surface area contributed by atoms with Crippen LogP contribution in [0.25, 0.3) is 0 Å². The maximum absolute atomic E-state index is 11.4. The smallest absolute Gasteiger partial charge is 0.269 e. The van der Waals surface area contributed by atoms with Gasteiger partial charge in [0.2, 0.25) is 0 Å². The Balaban J connectivity index is 1.55. The van der Waals surface area contributed by atoms with Gasteiger partial charge in [-0.15, -0.1) is 0 Å². The Kier molecular flexibility index (Phi) is 7.28. The van der Waals surface area contributed by atoms with Crippen LogP contribution < -0.4 is 10.4 Å². The molecule has 2 aliphatic rings. The molecule has 0 amide bonds. The summed E-state index contributed by atoms with van der Waals surface area (Å²) in [7, 11) is -2.84. The van der Waals surface area contributed by atoms with Crippen molar-refractivity contribution in [3.63, 3.8) is 0 Å². The van der Waals surface area contributed by atoms with Crippen molar-refractivity contribution in [3.8, 4) is 0 Å². The standard InChI is InChI=1S/C34H34N2O6Si/c1-33(2,3)43(28-10-6-4-7-11-28,29-12-8-5-9-13-29)34-22-30(24-14-18-26(19-15-24)35(37)38)41-32(34)42-31(23-34)25-16-20-27(21-17-25)36(39)40/h4-21,30-32H,22-23H2,1-3H3/t30-,31-,32?,34?/m1/s1. The lowest BCUT2D eigenvalue weighted by Crippen LogP contribution is -2.72. The van der Waals surface area contributed by atoms with Crippen molar-refractivity contribution in [2.75, 3.05) is 0 Å². The number of hydrogen-bond donors (Lipinski definition) is 0. The van der Waals surface area contributed by atoms with Crippen molar-refractivity contribution in [2.24, 2.45) is 0 Å². The molecule has 2 fully saturated rings. The molecule has 9 heteroatoms. The second kappa shape index (κ2) is 10.8. The molecule has 0 spiro atoms. The van der Waals surface area contributed by atoms with Crippen LogP contribution in [0.2, 0.25) is 10.1 Å². The summed E-state index contributed by atoms with van der Waals surface area (Å²) in [6.45, 7) is 6.97. The minimum Gasteiger partial charge on any atom is -0.344 e. The van der Waals surface area contributed by atoms with Crippen molar-refractivity contribution >= 4 is 29.8 Å². The molecule has 0 bridgehead atoms. The van der Waals surface area contributed by atoms with E-state index in [-0.39, 0.29) is 28.6 Å². The predicted molar refractivity (Wildman–Crippen MR) is 167 cm³/mol. The first-order valence-corrected chi connectivity index (χ1v) is 16.5. The highest BCUT2D eigenvalue weighted by Gasteiger charge is 2.71. The second-order valence-corrected chi connectivity index (χ2v) is 17.7. The summed E-state index contributed by atoms with van der Waals surface area (Å²) in [4.78, 5) is 21.9. The van der Waals surface area contributed by atoms with Gasteiger partial charge < -0.3 is 9.47 Å². The maximum atomic E-state index is 11.4. The molecule has 4 aromatic carbocycles. The molecule has 4 aromatic rings. The number of non-ortho nitro benzene ring substituents is 2. The number of fused-ring (bicyclic) bond motifs is 1. The number of nitro groups is 2. The molecule has 2 atom stereocenters. The normalized spacial score (nSPS) is 23.6. The van der Waals surface area contributed by atoms with Gasteiger partial charge in [-0.25, -0.2) is 0 Å². The molecule has 0 aliphatic carbocycles. The summed E-state index contributed by atoms with van der Waals surface area (Å²) in [5.41, 5.74) is 1.84. The topological polar surface area (TPSA) is 105 Å². The minimum absolute atomic E-state index is 0.0399. The Hall–Kier alpha value is -4.18. The van der Waals surface area contributed by atoms with E-state index in [4.69, 9.17) is 9.47 Å². The van der Waals surface area contributed by atoms with E-state index in [2.05, 4.69) is 69.3 Å². The van der Waals surface area contributed by atoms with Crippen LogP contribution in [-0.2, 0) is 9.47 Å². The lowest BCUT2D eigenvalue weighted by molar-refractivity contribution is -0.385. The van der Waals surface area contributed by atoms with Gasteiger partial charge in [-0.2, -0.15) is 0 Å². The van der Waals surface area contributed by atoms with Gasteiger partial charge in [-0.05, 0) is 53.3 Å². The lowest BCUT2D eigenvalue weighted by Gasteiger charge is -2.54. The molecule has 0 radical (unpaired) electrons. The number of nitro benzene ring substituents is 2. The average Bonchev–Trinajstić information content (AvgIpc) is 3.54. The fourth-order valence-electron chi connectivity index (χ4n) is 7.85. The molecule has 220 valence electrons. The van der Waals surface area contributed by atoms with Crippen LogP contribution in [0, 0.1) is 20.2 Å². The van der Waals surface area contributed by atoms with Gasteiger partial charge in [0.1, 0.15) is 8.07 Å². The summed E-state index contributed by atoms with van der Waals surface area (Å²) < 4.78 is 13.7. The Morgan fingerprint density at radius 1 is 0.651 bits per heavy atom. The molecule has 0 unspecified atom stereocenters. The van der Waals surface area contributed by atoms with E-state index in [0.29, 0.717) is 12.8 Å². The fourth-order valence-corrected chi connectivity index (χ4v) is 15.4. The highest BCUT2D eigenvalue weighted by molar-refractivity contribution is 7.06. The van der Waals surface area contributed by atoms with Crippen molar-refractivity contribution < 1.29 is 19.3 Å². The summed E-state index contributed by atoms with van der Waals surface area (Å²) in [6.07, 6.45) is 0.160. The first-order valence-electron chi connectivity index (χ1n) is 14.5. The number of nitrogens with zero attached hydrogens (tertiary/aromatic N) is 2. The summed E-state index contributed by atoms with van der Waals surface area (Å²) in [5, 5.41) is 24.7. The van der Waals surface area contributed by atoms with Crippen LogP contribution in [-0.4, -0.2) is 24.2 Å². The van der Waals surface area contributed by atoms with Crippen LogP contribution in [0.4, 0.5) is 11.4 Å². The van der Waals surface area contributed by atoms with Gasteiger partial charge in [0.25, 0.3) is 11.4 Å². The molecule has 43 heavy (non-hydrogen) atoms. The summed E-state index contributed by atoms with van der Waals surface area (Å²) in [5.74, 6) is 0. The summed E-state index contributed by atoms with van der Waals surface area (Å²) >= 11 is 0. The quantitative estimate of drug-likeness (QED) is 0.127. The average molecular weight is 595 g/mol. The van der Waals surface area contributed by atoms with Gasteiger partial charge in [0.05, 0.1) is 22.1 Å². The maximum Gasteiger partial charge on any atom is 0.269 e. The van der Waals surface area contributed by atoms with Crippen molar-refractivity contribution in [1.82, 2.24) is 0 Å². The van der Waals surface area contributed by atoms with Crippen molar-refractivity contribution in [2.45, 2.75) is 62.2 Å². The molecule has 0 N–H and O–H groups in total. The second-order valence-electron chi connectivity index (χ2n) is 12.6. The van der Waals surface area contributed by atoms with Gasteiger partial charge >= 0.3 is 0 Å². The van der Waals surface area contributed by atoms with Crippen LogP contribution in [0.5, 0.6) is 0 Å². The van der Waals surface area contributed by atoms with E-state index in [1.54, 1.807) is 24.3 Å². The number of benzene rings is 4. The highest BCUT2D eigenvalue weighted by Crippen LogP contribution is 2.69. The van der Waals surface area contributed by atoms with Gasteiger partial charge in [-0.3, -0.25) is 20.2 Å². The Morgan fingerprint density at radius 2 is 1.02 bits per heavy atom. The number of hydrogen-bond acceptors (Lipinski definition) is 6. The van der Waals surface area contributed by atoms with E-state index < -0.39 is 29.2 Å². The molecule has 2 aliphatic heterocycles. The Labute approximate surface area is 251 Å². The van der Waals surface area contributed by atoms with E-state index >= 15 is 0 Å². The molecule has 2 saturated heterocycles. The lowest BCUT2D eigenvalue weighted by atomic mass is 9.93. The van der Waals surface area contributed by atoms with Crippen molar-refractivity contribution in [3.05, 3.63) is 141 Å². The third-order valence-electron chi connectivity index (χ3n) is 9.36. The van der Waals surface area contributed by atoms with Gasteiger partial charge in [-0.1, -0.05) is 91.8 Å². The van der Waals surface area contributed by atoms with E-state index in [9.17, 15) is 20.2 Å². The van der Waals surface area contributed by atoms with Crippen LogP contribution >= 0.6 is 0 Å². The largest absolute Gasteiger partial charge is 0.344 e. The predicted octanol–water partition coefficient (Wildman–Crippen LogP) is 7.26. The van der Waals surface area contributed by atoms with Gasteiger partial charge in [0.15, 0.2) is 6.29 Å². The molecule has 6 rings (SSSR count). The molecular weight excluding hydrogens is 560 g/mol. The third kappa shape index (κ3) is 4.68. The van der Waals surface area contributed by atoms with Crippen LogP contribution in [0.3, 0.4) is 0 Å². The van der Waals surface area contributed by atoms with E-state index in [0.717, 1.165) is 11.1 Å².